The summed E-state index contributed by atoms with van der Waals surface area (Å²) >= 11 is 0. The summed E-state index contributed by atoms with van der Waals surface area (Å²) in [6.45, 7) is 0. The number of hydrogen-bond acceptors (Lipinski definition) is 3. The van der Waals surface area contributed by atoms with Gasteiger partial charge in [-0.05, 0) is 12.8 Å². The number of esters is 1. The van der Waals surface area contributed by atoms with Crippen LogP contribution in [0.4, 0.5) is 0 Å². The molecule has 0 aromatic carbocycles. The number of carbonyl (C=O) groups excluding carboxylic acids is 1. The van der Waals surface area contributed by atoms with E-state index in [9.17, 15) is 9.90 Å². The fourth-order valence-corrected chi connectivity index (χ4v) is 2.04. The molecule has 1 heterocycles. The quantitative estimate of drug-likeness (QED) is 0.518. The first kappa shape index (κ1) is 7.10. The van der Waals surface area contributed by atoms with Crippen LogP contribution in [-0.2, 0) is 9.53 Å². The smallest absolute Gasteiger partial charge is 0.306 e. The second-order valence-electron chi connectivity index (χ2n) is 3.42. The molecule has 0 amide bonds. The number of rotatable bonds is 0. The van der Waals surface area contributed by atoms with Crippen LogP contribution in [0.1, 0.15) is 25.7 Å². The predicted octanol–water partition coefficient (Wildman–Crippen LogP) is 0.463. The molecule has 3 heteroatoms. The van der Waals surface area contributed by atoms with Crippen LogP contribution in [0.3, 0.4) is 0 Å². The van der Waals surface area contributed by atoms with Crippen LogP contribution in [0.15, 0.2) is 0 Å². The molecule has 1 saturated carbocycles. The second-order valence-corrected chi connectivity index (χ2v) is 3.42. The topological polar surface area (TPSA) is 46.5 Å². The lowest BCUT2D eigenvalue weighted by Crippen LogP contribution is -2.34. The molecule has 2 fully saturated rings. The van der Waals surface area contributed by atoms with Crippen molar-refractivity contribution >= 4 is 5.97 Å². The van der Waals surface area contributed by atoms with Crippen LogP contribution in [0.5, 0.6) is 0 Å². The SMILES string of the molecule is O=C1CC2CCCC(O)C2O1. The van der Waals surface area contributed by atoms with Crippen molar-refractivity contribution in [3.63, 3.8) is 0 Å². The van der Waals surface area contributed by atoms with Gasteiger partial charge in [-0.15, -0.1) is 0 Å². The Morgan fingerprint density at radius 3 is 3.00 bits per heavy atom. The van der Waals surface area contributed by atoms with Crippen LogP contribution in [0.25, 0.3) is 0 Å². The minimum atomic E-state index is -0.403. The van der Waals surface area contributed by atoms with Crippen molar-refractivity contribution in [3.05, 3.63) is 0 Å². The first-order valence-electron chi connectivity index (χ1n) is 4.15. The van der Waals surface area contributed by atoms with Crippen LogP contribution in [0, 0.1) is 5.92 Å². The Morgan fingerprint density at radius 1 is 1.45 bits per heavy atom. The molecular weight excluding hydrogens is 144 g/mol. The summed E-state index contributed by atoms with van der Waals surface area (Å²) in [4.78, 5) is 10.8. The van der Waals surface area contributed by atoms with Crippen molar-refractivity contribution in [2.45, 2.75) is 37.9 Å². The molecule has 2 rings (SSSR count). The number of fused-ring (bicyclic) bond motifs is 1. The summed E-state index contributed by atoms with van der Waals surface area (Å²) in [6.07, 6.45) is 2.78. The van der Waals surface area contributed by atoms with E-state index in [1.807, 2.05) is 0 Å². The van der Waals surface area contributed by atoms with E-state index in [2.05, 4.69) is 0 Å². The molecule has 1 N–H and O–H groups in total. The molecule has 1 aliphatic heterocycles. The zero-order valence-electron chi connectivity index (χ0n) is 6.32. The number of carbonyl (C=O) groups is 1. The van der Waals surface area contributed by atoms with Gasteiger partial charge in [0.1, 0.15) is 6.10 Å². The monoisotopic (exact) mass is 156 g/mol. The average molecular weight is 156 g/mol. The van der Waals surface area contributed by atoms with E-state index in [4.69, 9.17) is 4.74 Å². The van der Waals surface area contributed by atoms with E-state index in [0.29, 0.717) is 12.3 Å². The summed E-state index contributed by atoms with van der Waals surface area (Å²) in [7, 11) is 0. The molecule has 62 valence electrons. The highest BCUT2D eigenvalue weighted by Gasteiger charge is 2.41. The summed E-state index contributed by atoms with van der Waals surface area (Å²) < 4.78 is 4.99. The summed E-state index contributed by atoms with van der Waals surface area (Å²) in [5.74, 6) is 0.159. The molecule has 0 bridgehead atoms. The lowest BCUT2D eigenvalue weighted by molar-refractivity contribution is -0.146. The van der Waals surface area contributed by atoms with Gasteiger partial charge in [0.2, 0.25) is 0 Å². The van der Waals surface area contributed by atoms with Crippen molar-refractivity contribution in [1.29, 1.82) is 0 Å². The third-order valence-electron chi connectivity index (χ3n) is 2.62. The summed E-state index contributed by atoms with van der Waals surface area (Å²) in [5, 5.41) is 9.42. The zero-order valence-corrected chi connectivity index (χ0v) is 6.32. The average Bonchev–Trinajstić information content (AvgIpc) is 2.31. The molecule has 0 radical (unpaired) electrons. The van der Waals surface area contributed by atoms with Gasteiger partial charge in [0.15, 0.2) is 0 Å². The molecule has 1 aliphatic carbocycles. The zero-order chi connectivity index (χ0) is 7.84. The molecule has 0 aromatic heterocycles. The normalized spacial score (nSPS) is 43.4. The molecule has 3 nitrogen and oxygen atoms in total. The van der Waals surface area contributed by atoms with Crippen molar-refractivity contribution in [1.82, 2.24) is 0 Å². The molecule has 0 spiro atoms. The minimum Gasteiger partial charge on any atom is -0.459 e. The number of hydrogen-bond donors (Lipinski definition) is 1. The maximum absolute atomic E-state index is 10.8. The van der Waals surface area contributed by atoms with E-state index in [1.54, 1.807) is 0 Å². The number of aliphatic hydroxyl groups excluding tert-OH is 1. The van der Waals surface area contributed by atoms with Crippen molar-refractivity contribution in [2.24, 2.45) is 5.92 Å². The Bertz CT molecular complexity index is 178. The van der Waals surface area contributed by atoms with Crippen LogP contribution in [0.2, 0.25) is 0 Å². The van der Waals surface area contributed by atoms with Crippen molar-refractivity contribution in [3.8, 4) is 0 Å². The van der Waals surface area contributed by atoms with Gasteiger partial charge in [0, 0.05) is 5.92 Å². The Morgan fingerprint density at radius 2 is 2.27 bits per heavy atom. The summed E-state index contributed by atoms with van der Waals surface area (Å²) in [6, 6.07) is 0. The van der Waals surface area contributed by atoms with Gasteiger partial charge in [0.05, 0.1) is 12.5 Å². The minimum absolute atomic E-state index is 0.138. The third-order valence-corrected chi connectivity index (χ3v) is 2.62. The number of ether oxygens (including phenoxy) is 1. The highest BCUT2D eigenvalue weighted by Crippen LogP contribution is 2.34. The van der Waals surface area contributed by atoms with Gasteiger partial charge in [-0.1, -0.05) is 6.42 Å². The number of aliphatic hydroxyl groups is 1. The van der Waals surface area contributed by atoms with E-state index in [0.717, 1.165) is 19.3 Å². The van der Waals surface area contributed by atoms with Crippen LogP contribution < -0.4 is 0 Å². The molecule has 11 heavy (non-hydrogen) atoms. The molecular formula is C8H12O3. The Labute approximate surface area is 65.4 Å². The van der Waals surface area contributed by atoms with Crippen LogP contribution >= 0.6 is 0 Å². The van der Waals surface area contributed by atoms with Gasteiger partial charge in [-0.3, -0.25) is 4.79 Å². The van der Waals surface area contributed by atoms with E-state index in [1.165, 1.54) is 0 Å². The van der Waals surface area contributed by atoms with Crippen molar-refractivity contribution < 1.29 is 14.6 Å². The second kappa shape index (κ2) is 2.48. The lowest BCUT2D eigenvalue weighted by Gasteiger charge is -2.27. The van der Waals surface area contributed by atoms with Gasteiger partial charge >= 0.3 is 5.97 Å². The third kappa shape index (κ3) is 1.13. The lowest BCUT2D eigenvalue weighted by atomic mass is 9.84. The van der Waals surface area contributed by atoms with E-state index < -0.39 is 6.10 Å². The van der Waals surface area contributed by atoms with Crippen LogP contribution in [-0.4, -0.2) is 23.3 Å². The van der Waals surface area contributed by atoms with E-state index >= 15 is 0 Å². The highest BCUT2D eigenvalue weighted by atomic mass is 16.6. The standard InChI is InChI=1S/C8H12O3/c9-6-3-1-2-5-4-7(10)11-8(5)6/h5-6,8-9H,1-4H2. The fourth-order valence-electron chi connectivity index (χ4n) is 2.04. The predicted molar refractivity (Wildman–Crippen MR) is 37.8 cm³/mol. The Balaban J connectivity index is 2.09. The molecule has 0 aromatic rings. The highest BCUT2D eigenvalue weighted by molar-refractivity contribution is 5.72. The first-order valence-corrected chi connectivity index (χ1v) is 4.15. The Hall–Kier alpha value is -0.570. The van der Waals surface area contributed by atoms with Gasteiger partial charge in [-0.25, -0.2) is 0 Å². The molecule has 1 saturated heterocycles. The maximum atomic E-state index is 10.8. The van der Waals surface area contributed by atoms with Gasteiger partial charge in [-0.2, -0.15) is 0 Å². The fraction of sp³-hybridized carbons (Fsp3) is 0.875. The molecule has 3 unspecified atom stereocenters. The van der Waals surface area contributed by atoms with Gasteiger partial charge in [0.25, 0.3) is 0 Å². The van der Waals surface area contributed by atoms with Crippen molar-refractivity contribution in [2.75, 3.05) is 0 Å². The van der Waals surface area contributed by atoms with E-state index in [-0.39, 0.29) is 12.1 Å². The maximum Gasteiger partial charge on any atom is 0.306 e. The largest absolute Gasteiger partial charge is 0.459 e. The molecule has 2 aliphatic rings. The summed E-state index contributed by atoms with van der Waals surface area (Å²) in [5.41, 5.74) is 0. The van der Waals surface area contributed by atoms with Gasteiger partial charge < -0.3 is 9.84 Å². The Kier molecular flexibility index (Phi) is 1.60. The first-order chi connectivity index (χ1) is 5.27. The molecule has 3 atom stereocenters.